The molecule has 20 heavy (non-hydrogen) atoms. The molecule has 110 valence electrons. The molecule has 2 saturated heterocycles. The quantitative estimate of drug-likeness (QED) is 0.914. The molecule has 2 heterocycles. The van der Waals surface area contributed by atoms with Crippen LogP contribution in [0, 0.1) is 0 Å². The Morgan fingerprint density at radius 3 is 2.75 bits per heavy atom. The number of benzene rings is 1. The third-order valence-electron chi connectivity index (χ3n) is 4.91. The van der Waals surface area contributed by atoms with Crippen molar-refractivity contribution in [3.8, 4) is 0 Å². The van der Waals surface area contributed by atoms with Crippen LogP contribution in [0.4, 0.5) is 0 Å². The zero-order chi connectivity index (χ0) is 14.0. The smallest absolute Gasteiger partial charge is 0.0509 e. The Labute approximate surface area is 122 Å². The van der Waals surface area contributed by atoms with E-state index in [0.29, 0.717) is 0 Å². The van der Waals surface area contributed by atoms with Gasteiger partial charge in [-0.2, -0.15) is 0 Å². The number of rotatable bonds is 3. The molecule has 2 N–H and O–H groups in total. The highest BCUT2D eigenvalue weighted by Gasteiger charge is 2.32. The Kier molecular flexibility index (Phi) is 4.11. The van der Waals surface area contributed by atoms with E-state index >= 15 is 0 Å². The lowest BCUT2D eigenvalue weighted by atomic mass is 9.91. The summed E-state index contributed by atoms with van der Waals surface area (Å²) >= 11 is 0. The van der Waals surface area contributed by atoms with Crippen molar-refractivity contribution in [2.75, 3.05) is 32.7 Å². The van der Waals surface area contributed by atoms with E-state index in [0.717, 1.165) is 19.1 Å². The molecule has 2 fully saturated rings. The fourth-order valence-electron chi connectivity index (χ4n) is 3.74. The lowest BCUT2D eigenvalue weighted by Crippen LogP contribution is -2.58. The first-order valence-corrected chi connectivity index (χ1v) is 7.96. The number of piperidine rings is 1. The van der Waals surface area contributed by atoms with E-state index in [2.05, 4.69) is 47.1 Å². The van der Waals surface area contributed by atoms with Gasteiger partial charge in [0.05, 0.1) is 5.54 Å². The summed E-state index contributed by atoms with van der Waals surface area (Å²) in [6, 6.07) is 11.3. The van der Waals surface area contributed by atoms with Crippen LogP contribution in [-0.2, 0) is 5.54 Å². The normalized spacial score (nSPS) is 27.8. The van der Waals surface area contributed by atoms with Gasteiger partial charge in [0.2, 0.25) is 0 Å². The molecule has 0 aliphatic carbocycles. The number of nitrogens with zero attached hydrogens (tertiary/aromatic N) is 2. The highest BCUT2D eigenvalue weighted by Crippen LogP contribution is 2.24. The average molecular weight is 273 g/mol. The molecule has 0 aromatic heterocycles. The maximum Gasteiger partial charge on any atom is 0.0509 e. The van der Waals surface area contributed by atoms with E-state index < -0.39 is 0 Å². The lowest BCUT2D eigenvalue weighted by molar-refractivity contribution is 0.0395. The summed E-state index contributed by atoms with van der Waals surface area (Å²) in [6.45, 7) is 8.00. The largest absolute Gasteiger partial charge is 0.321 e. The van der Waals surface area contributed by atoms with E-state index in [1.54, 1.807) is 0 Å². The summed E-state index contributed by atoms with van der Waals surface area (Å²) in [4.78, 5) is 5.25. The highest BCUT2D eigenvalue weighted by molar-refractivity contribution is 5.23. The predicted octanol–water partition coefficient (Wildman–Crippen LogP) is 2.03. The fraction of sp³-hybridized carbons (Fsp3) is 0.647. The Balaban J connectivity index is 1.63. The zero-order valence-electron chi connectivity index (χ0n) is 12.6. The van der Waals surface area contributed by atoms with E-state index in [1.165, 1.54) is 44.5 Å². The summed E-state index contributed by atoms with van der Waals surface area (Å²) in [5.74, 6) is 0. The number of fused-ring (bicyclic) bond motifs is 1. The van der Waals surface area contributed by atoms with Crippen molar-refractivity contribution in [3.05, 3.63) is 35.9 Å². The van der Waals surface area contributed by atoms with E-state index in [-0.39, 0.29) is 5.54 Å². The average Bonchev–Trinajstić information content (AvgIpc) is 2.48. The van der Waals surface area contributed by atoms with Crippen molar-refractivity contribution in [2.45, 2.75) is 37.8 Å². The van der Waals surface area contributed by atoms with Gasteiger partial charge in [-0.25, -0.2) is 0 Å². The predicted molar refractivity (Wildman–Crippen MR) is 83.6 cm³/mol. The molecule has 2 unspecified atom stereocenters. The molecule has 2 aliphatic rings. The van der Waals surface area contributed by atoms with Crippen molar-refractivity contribution in [1.82, 2.24) is 9.80 Å². The molecule has 2 atom stereocenters. The van der Waals surface area contributed by atoms with E-state index in [1.807, 2.05) is 0 Å². The lowest BCUT2D eigenvalue weighted by Gasteiger charge is -2.46. The minimum atomic E-state index is -0.252. The van der Waals surface area contributed by atoms with E-state index in [4.69, 9.17) is 5.73 Å². The van der Waals surface area contributed by atoms with Crippen molar-refractivity contribution in [3.63, 3.8) is 0 Å². The van der Waals surface area contributed by atoms with Gasteiger partial charge in [0, 0.05) is 32.2 Å². The van der Waals surface area contributed by atoms with Gasteiger partial charge in [0.25, 0.3) is 0 Å². The summed E-state index contributed by atoms with van der Waals surface area (Å²) in [7, 11) is 0. The number of piperazine rings is 1. The SMILES string of the molecule is CC(N)(CN1CCN2CCCCC2C1)c1ccccc1. The monoisotopic (exact) mass is 273 g/mol. The second-order valence-electron chi connectivity index (χ2n) is 6.70. The van der Waals surface area contributed by atoms with Gasteiger partial charge in [-0.3, -0.25) is 9.80 Å². The molecule has 0 bridgehead atoms. The van der Waals surface area contributed by atoms with Crippen molar-refractivity contribution in [1.29, 1.82) is 0 Å². The van der Waals surface area contributed by atoms with Crippen LogP contribution in [-0.4, -0.2) is 48.6 Å². The van der Waals surface area contributed by atoms with Gasteiger partial charge in [-0.05, 0) is 31.9 Å². The third kappa shape index (κ3) is 3.05. The Morgan fingerprint density at radius 1 is 1.15 bits per heavy atom. The van der Waals surface area contributed by atoms with Gasteiger partial charge >= 0.3 is 0 Å². The van der Waals surface area contributed by atoms with Gasteiger partial charge in [0.1, 0.15) is 0 Å². The second-order valence-corrected chi connectivity index (χ2v) is 6.70. The maximum atomic E-state index is 6.58. The zero-order valence-corrected chi connectivity index (χ0v) is 12.6. The molecule has 0 saturated carbocycles. The van der Waals surface area contributed by atoms with Crippen molar-refractivity contribution < 1.29 is 0 Å². The van der Waals surface area contributed by atoms with Crippen molar-refractivity contribution in [2.24, 2.45) is 5.73 Å². The molecule has 3 heteroatoms. The minimum Gasteiger partial charge on any atom is -0.321 e. The summed E-state index contributed by atoms with van der Waals surface area (Å²) in [6.07, 6.45) is 4.14. The summed E-state index contributed by atoms with van der Waals surface area (Å²) in [5, 5.41) is 0. The third-order valence-corrected chi connectivity index (χ3v) is 4.91. The van der Waals surface area contributed by atoms with Crippen LogP contribution < -0.4 is 5.73 Å². The molecular weight excluding hydrogens is 246 g/mol. The van der Waals surface area contributed by atoms with Crippen LogP contribution in [0.25, 0.3) is 0 Å². The standard InChI is InChI=1S/C17H27N3/c1-17(18,15-7-3-2-4-8-15)14-19-11-12-20-10-6-5-9-16(20)13-19/h2-4,7-8,16H,5-6,9-14,18H2,1H3. The first-order chi connectivity index (χ1) is 9.65. The maximum absolute atomic E-state index is 6.58. The Bertz CT molecular complexity index is 429. The minimum absolute atomic E-state index is 0.252. The molecule has 3 nitrogen and oxygen atoms in total. The molecule has 0 spiro atoms. The van der Waals surface area contributed by atoms with Gasteiger partial charge in [-0.15, -0.1) is 0 Å². The Hall–Kier alpha value is -0.900. The second kappa shape index (κ2) is 5.84. The van der Waals surface area contributed by atoms with E-state index in [9.17, 15) is 0 Å². The fourth-order valence-corrected chi connectivity index (χ4v) is 3.74. The molecule has 1 aromatic rings. The highest BCUT2D eigenvalue weighted by atomic mass is 15.3. The van der Waals surface area contributed by atoms with Crippen molar-refractivity contribution >= 4 is 0 Å². The molecule has 0 amide bonds. The van der Waals surface area contributed by atoms with Crippen LogP contribution in [0.2, 0.25) is 0 Å². The summed E-state index contributed by atoms with van der Waals surface area (Å²) < 4.78 is 0. The van der Waals surface area contributed by atoms with Gasteiger partial charge < -0.3 is 5.73 Å². The topological polar surface area (TPSA) is 32.5 Å². The van der Waals surface area contributed by atoms with Crippen LogP contribution in [0.3, 0.4) is 0 Å². The Morgan fingerprint density at radius 2 is 1.95 bits per heavy atom. The van der Waals surface area contributed by atoms with Crippen LogP contribution >= 0.6 is 0 Å². The van der Waals surface area contributed by atoms with Crippen LogP contribution in [0.1, 0.15) is 31.7 Å². The molecule has 2 aliphatic heterocycles. The van der Waals surface area contributed by atoms with Gasteiger partial charge in [0.15, 0.2) is 0 Å². The molecule has 1 aromatic carbocycles. The first-order valence-electron chi connectivity index (χ1n) is 7.96. The summed E-state index contributed by atoms with van der Waals surface area (Å²) in [5.41, 5.74) is 7.57. The van der Waals surface area contributed by atoms with Crippen LogP contribution in [0.5, 0.6) is 0 Å². The molecule has 3 rings (SSSR count). The molecule has 0 radical (unpaired) electrons. The van der Waals surface area contributed by atoms with Gasteiger partial charge in [-0.1, -0.05) is 36.8 Å². The van der Waals surface area contributed by atoms with Crippen LogP contribution in [0.15, 0.2) is 30.3 Å². The number of hydrogen-bond acceptors (Lipinski definition) is 3. The number of hydrogen-bond donors (Lipinski definition) is 1. The molecular formula is C17H27N3. The first kappa shape index (κ1) is 14.1. The number of nitrogens with two attached hydrogens (primary N) is 1.